The van der Waals surface area contributed by atoms with Gasteiger partial charge >= 0.3 is 0 Å². The summed E-state index contributed by atoms with van der Waals surface area (Å²) in [6.45, 7) is 4.02. The molecule has 1 aromatic heterocycles. The van der Waals surface area contributed by atoms with Crippen LogP contribution in [0.5, 0.6) is 5.88 Å². The zero-order valence-electron chi connectivity index (χ0n) is 7.91. The molecule has 0 amide bonds. The predicted molar refractivity (Wildman–Crippen MR) is 49.8 cm³/mol. The van der Waals surface area contributed by atoms with Gasteiger partial charge in [-0.2, -0.15) is 0 Å². The summed E-state index contributed by atoms with van der Waals surface area (Å²) in [5, 5.41) is 0. The summed E-state index contributed by atoms with van der Waals surface area (Å²) < 4.78 is 5.27. The highest BCUT2D eigenvalue weighted by Gasteiger charge is 2.05. The van der Waals surface area contributed by atoms with Gasteiger partial charge in [-0.25, -0.2) is 4.98 Å². The number of ether oxygens (including phenoxy) is 1. The molecule has 0 aliphatic heterocycles. The van der Waals surface area contributed by atoms with Crippen LogP contribution in [0.3, 0.4) is 0 Å². The number of ketones is 1. The topological polar surface area (TPSA) is 39.2 Å². The first-order valence-electron chi connectivity index (χ1n) is 4.30. The highest BCUT2D eigenvalue weighted by atomic mass is 16.5. The third-order valence-corrected chi connectivity index (χ3v) is 1.57. The quantitative estimate of drug-likeness (QED) is 0.705. The SMILES string of the molecule is CCOc1ncccc1CC(C)=O. The summed E-state index contributed by atoms with van der Waals surface area (Å²) in [4.78, 5) is 14.9. The van der Waals surface area contributed by atoms with Crippen LogP contribution in [0, 0.1) is 0 Å². The monoisotopic (exact) mass is 179 g/mol. The molecule has 0 saturated carbocycles. The van der Waals surface area contributed by atoms with Crippen LogP contribution in [0.1, 0.15) is 19.4 Å². The minimum absolute atomic E-state index is 0.119. The Morgan fingerprint density at radius 3 is 3.00 bits per heavy atom. The lowest BCUT2D eigenvalue weighted by atomic mass is 10.1. The molecule has 3 nitrogen and oxygen atoms in total. The van der Waals surface area contributed by atoms with E-state index in [-0.39, 0.29) is 5.78 Å². The number of nitrogens with zero attached hydrogens (tertiary/aromatic N) is 1. The molecule has 13 heavy (non-hydrogen) atoms. The van der Waals surface area contributed by atoms with Crippen molar-refractivity contribution in [1.29, 1.82) is 0 Å². The minimum atomic E-state index is 0.119. The van der Waals surface area contributed by atoms with E-state index in [0.717, 1.165) is 5.56 Å². The van der Waals surface area contributed by atoms with Gasteiger partial charge in [0.25, 0.3) is 0 Å². The Bertz CT molecular complexity index is 297. The van der Waals surface area contributed by atoms with Crippen molar-refractivity contribution >= 4 is 5.78 Å². The van der Waals surface area contributed by atoms with Crippen LogP contribution < -0.4 is 4.74 Å². The second-order valence-electron chi connectivity index (χ2n) is 2.78. The van der Waals surface area contributed by atoms with Crippen LogP contribution in [0.2, 0.25) is 0 Å². The Labute approximate surface area is 77.8 Å². The van der Waals surface area contributed by atoms with Crippen molar-refractivity contribution < 1.29 is 9.53 Å². The fourth-order valence-electron chi connectivity index (χ4n) is 1.09. The molecule has 0 unspecified atom stereocenters. The highest BCUT2D eigenvalue weighted by Crippen LogP contribution is 2.14. The molecule has 0 N–H and O–H groups in total. The van der Waals surface area contributed by atoms with Crippen molar-refractivity contribution in [3.05, 3.63) is 23.9 Å². The van der Waals surface area contributed by atoms with E-state index >= 15 is 0 Å². The van der Waals surface area contributed by atoms with Gasteiger partial charge in [0, 0.05) is 18.2 Å². The van der Waals surface area contributed by atoms with E-state index in [1.807, 2.05) is 13.0 Å². The van der Waals surface area contributed by atoms with Crippen molar-refractivity contribution in [2.45, 2.75) is 20.3 Å². The molecular weight excluding hydrogens is 166 g/mol. The van der Waals surface area contributed by atoms with Gasteiger partial charge in [-0.1, -0.05) is 6.07 Å². The standard InChI is InChI=1S/C10H13NO2/c1-3-13-10-9(7-8(2)12)5-4-6-11-10/h4-6H,3,7H2,1-2H3. The largest absolute Gasteiger partial charge is 0.478 e. The Morgan fingerprint density at radius 1 is 1.62 bits per heavy atom. The third kappa shape index (κ3) is 2.86. The van der Waals surface area contributed by atoms with Crippen LogP contribution in [0.25, 0.3) is 0 Å². The third-order valence-electron chi connectivity index (χ3n) is 1.57. The van der Waals surface area contributed by atoms with Crippen LogP contribution in [-0.2, 0) is 11.2 Å². The number of rotatable bonds is 4. The molecule has 0 bridgehead atoms. The normalized spacial score (nSPS) is 9.69. The summed E-state index contributed by atoms with van der Waals surface area (Å²) in [5.41, 5.74) is 0.858. The molecule has 3 heteroatoms. The average Bonchev–Trinajstić information content (AvgIpc) is 2.08. The lowest BCUT2D eigenvalue weighted by Gasteiger charge is -2.06. The van der Waals surface area contributed by atoms with Crippen molar-refractivity contribution in [2.24, 2.45) is 0 Å². The molecule has 0 radical (unpaired) electrons. The van der Waals surface area contributed by atoms with E-state index in [0.29, 0.717) is 18.9 Å². The number of hydrogen-bond acceptors (Lipinski definition) is 3. The van der Waals surface area contributed by atoms with E-state index in [9.17, 15) is 4.79 Å². The van der Waals surface area contributed by atoms with E-state index in [1.54, 1.807) is 19.2 Å². The van der Waals surface area contributed by atoms with E-state index in [2.05, 4.69) is 4.98 Å². The van der Waals surface area contributed by atoms with Crippen LogP contribution in [0.4, 0.5) is 0 Å². The Balaban J connectivity index is 2.84. The molecule has 1 heterocycles. The molecule has 1 rings (SSSR count). The van der Waals surface area contributed by atoms with Crippen molar-refractivity contribution in [2.75, 3.05) is 6.61 Å². The maximum Gasteiger partial charge on any atom is 0.216 e. The van der Waals surface area contributed by atoms with Gasteiger partial charge in [0.1, 0.15) is 5.78 Å². The van der Waals surface area contributed by atoms with Gasteiger partial charge < -0.3 is 4.74 Å². The molecular formula is C10H13NO2. The smallest absolute Gasteiger partial charge is 0.216 e. The Hall–Kier alpha value is -1.38. The summed E-state index contributed by atoms with van der Waals surface area (Å²) in [6, 6.07) is 3.67. The first-order chi connectivity index (χ1) is 6.24. The van der Waals surface area contributed by atoms with Crippen molar-refractivity contribution in [1.82, 2.24) is 4.98 Å². The summed E-state index contributed by atoms with van der Waals surface area (Å²) in [5.74, 6) is 0.689. The summed E-state index contributed by atoms with van der Waals surface area (Å²) >= 11 is 0. The number of Topliss-reactive ketones (excluding diaryl/α,β-unsaturated/α-hetero) is 1. The van der Waals surface area contributed by atoms with Gasteiger partial charge in [-0.3, -0.25) is 4.79 Å². The van der Waals surface area contributed by atoms with Crippen molar-refractivity contribution in [3.8, 4) is 5.88 Å². The first kappa shape index (κ1) is 9.71. The molecule has 0 spiro atoms. The second kappa shape index (κ2) is 4.60. The van der Waals surface area contributed by atoms with Crippen LogP contribution >= 0.6 is 0 Å². The molecule has 0 aromatic carbocycles. The molecule has 70 valence electrons. The zero-order valence-corrected chi connectivity index (χ0v) is 7.91. The maximum absolute atomic E-state index is 10.9. The number of aromatic nitrogens is 1. The lowest BCUT2D eigenvalue weighted by Crippen LogP contribution is -2.02. The van der Waals surface area contributed by atoms with Crippen LogP contribution in [-0.4, -0.2) is 17.4 Å². The van der Waals surface area contributed by atoms with Gasteiger partial charge in [0.05, 0.1) is 6.61 Å². The average molecular weight is 179 g/mol. The number of hydrogen-bond donors (Lipinski definition) is 0. The fourth-order valence-corrected chi connectivity index (χ4v) is 1.09. The maximum atomic E-state index is 10.9. The minimum Gasteiger partial charge on any atom is -0.478 e. The van der Waals surface area contributed by atoms with E-state index < -0.39 is 0 Å². The zero-order chi connectivity index (χ0) is 9.68. The molecule has 0 aliphatic carbocycles. The fraction of sp³-hybridized carbons (Fsp3) is 0.400. The summed E-state index contributed by atoms with van der Waals surface area (Å²) in [6.07, 6.45) is 2.05. The Kier molecular flexibility index (Phi) is 3.43. The van der Waals surface area contributed by atoms with Gasteiger partial charge in [-0.05, 0) is 19.9 Å². The van der Waals surface area contributed by atoms with Crippen molar-refractivity contribution in [3.63, 3.8) is 0 Å². The molecule has 0 saturated heterocycles. The number of carbonyl (C=O) groups is 1. The first-order valence-corrected chi connectivity index (χ1v) is 4.30. The molecule has 0 fully saturated rings. The van der Waals surface area contributed by atoms with Crippen LogP contribution in [0.15, 0.2) is 18.3 Å². The number of pyridine rings is 1. The van der Waals surface area contributed by atoms with E-state index in [4.69, 9.17) is 4.74 Å². The molecule has 0 atom stereocenters. The molecule has 1 aromatic rings. The highest BCUT2D eigenvalue weighted by molar-refractivity contribution is 5.78. The second-order valence-corrected chi connectivity index (χ2v) is 2.78. The molecule has 0 aliphatic rings. The Morgan fingerprint density at radius 2 is 2.38 bits per heavy atom. The predicted octanol–water partition coefficient (Wildman–Crippen LogP) is 1.61. The number of carbonyl (C=O) groups excluding carboxylic acids is 1. The summed E-state index contributed by atoms with van der Waals surface area (Å²) in [7, 11) is 0. The van der Waals surface area contributed by atoms with Gasteiger partial charge in [0.2, 0.25) is 5.88 Å². The van der Waals surface area contributed by atoms with E-state index in [1.165, 1.54) is 0 Å². The van der Waals surface area contributed by atoms with Gasteiger partial charge in [0.15, 0.2) is 0 Å². The van der Waals surface area contributed by atoms with Gasteiger partial charge in [-0.15, -0.1) is 0 Å². The lowest BCUT2D eigenvalue weighted by molar-refractivity contribution is -0.116.